The van der Waals surface area contributed by atoms with E-state index in [1.165, 1.54) is 10.4 Å². The SMILES string of the molecule is N[C@@H]1CN(S(=O)(=O)c2ccc3[nH]c(=O)sc3c2)C[C@H]1c1ccccc1. The maximum absolute atomic E-state index is 13.0. The van der Waals surface area contributed by atoms with Gasteiger partial charge in [0, 0.05) is 25.0 Å². The average molecular weight is 375 g/mol. The van der Waals surface area contributed by atoms with Crippen LogP contribution in [0, 0.1) is 0 Å². The maximum Gasteiger partial charge on any atom is 0.305 e. The lowest BCUT2D eigenvalue weighted by atomic mass is 9.95. The highest BCUT2D eigenvalue weighted by atomic mass is 32.2. The van der Waals surface area contributed by atoms with Gasteiger partial charge >= 0.3 is 4.87 Å². The van der Waals surface area contributed by atoms with E-state index in [2.05, 4.69) is 4.98 Å². The van der Waals surface area contributed by atoms with E-state index in [1.807, 2.05) is 30.3 Å². The molecule has 1 aliphatic heterocycles. The third kappa shape index (κ3) is 2.91. The van der Waals surface area contributed by atoms with Gasteiger partial charge in [-0.3, -0.25) is 4.79 Å². The molecule has 3 N–H and O–H groups in total. The lowest BCUT2D eigenvalue weighted by molar-refractivity contribution is 0.470. The fourth-order valence-electron chi connectivity index (χ4n) is 3.28. The lowest BCUT2D eigenvalue weighted by Gasteiger charge is -2.16. The van der Waals surface area contributed by atoms with Crippen molar-refractivity contribution in [2.45, 2.75) is 16.9 Å². The van der Waals surface area contributed by atoms with Crippen LogP contribution in [0.1, 0.15) is 11.5 Å². The predicted octanol–water partition coefficient (Wildman–Crippen LogP) is 1.70. The second-order valence-corrected chi connectivity index (χ2v) is 9.13. The van der Waals surface area contributed by atoms with Gasteiger partial charge in [-0.25, -0.2) is 8.42 Å². The molecule has 0 unspecified atom stereocenters. The van der Waals surface area contributed by atoms with Gasteiger partial charge < -0.3 is 10.7 Å². The summed E-state index contributed by atoms with van der Waals surface area (Å²) in [6.07, 6.45) is 0. The number of fused-ring (bicyclic) bond motifs is 1. The first-order valence-electron chi connectivity index (χ1n) is 7.89. The van der Waals surface area contributed by atoms with Gasteiger partial charge in [0.1, 0.15) is 0 Å². The van der Waals surface area contributed by atoms with Gasteiger partial charge in [-0.2, -0.15) is 4.31 Å². The third-order valence-electron chi connectivity index (χ3n) is 4.59. The summed E-state index contributed by atoms with van der Waals surface area (Å²) in [5.74, 6) is -0.0250. The molecule has 1 aliphatic rings. The van der Waals surface area contributed by atoms with Gasteiger partial charge in [0.2, 0.25) is 10.0 Å². The summed E-state index contributed by atoms with van der Waals surface area (Å²) in [5.41, 5.74) is 7.92. The molecule has 130 valence electrons. The number of nitrogens with zero attached hydrogens (tertiary/aromatic N) is 1. The highest BCUT2D eigenvalue weighted by Gasteiger charge is 2.38. The molecule has 1 aromatic heterocycles. The zero-order valence-electron chi connectivity index (χ0n) is 13.3. The summed E-state index contributed by atoms with van der Waals surface area (Å²) in [6, 6.07) is 14.2. The standard InChI is InChI=1S/C17H17N3O3S2/c18-14-10-20(9-13(14)11-4-2-1-3-5-11)25(22,23)12-6-7-15-16(8-12)24-17(21)19-15/h1-8,13-14H,9-10,18H2,(H,19,21)/t13-,14+/m0/s1. The van der Waals surface area contributed by atoms with Crippen molar-refractivity contribution in [2.75, 3.05) is 13.1 Å². The molecule has 2 aromatic carbocycles. The summed E-state index contributed by atoms with van der Waals surface area (Å²) in [7, 11) is -3.65. The molecular formula is C17H17N3O3S2. The number of benzene rings is 2. The van der Waals surface area contributed by atoms with Gasteiger partial charge in [-0.15, -0.1) is 0 Å². The zero-order valence-corrected chi connectivity index (χ0v) is 14.9. The van der Waals surface area contributed by atoms with Crippen molar-refractivity contribution in [2.24, 2.45) is 5.73 Å². The first kappa shape index (κ1) is 16.5. The molecule has 0 saturated carbocycles. The summed E-state index contributed by atoms with van der Waals surface area (Å²) in [6.45, 7) is 0.637. The minimum Gasteiger partial charge on any atom is -0.326 e. The fourth-order valence-corrected chi connectivity index (χ4v) is 5.66. The Kier molecular flexibility index (Phi) is 3.99. The van der Waals surface area contributed by atoms with Gasteiger partial charge in [0.25, 0.3) is 0 Å². The predicted molar refractivity (Wildman–Crippen MR) is 98.4 cm³/mol. The fraction of sp³-hybridized carbons (Fsp3) is 0.235. The Morgan fingerprint density at radius 1 is 1.12 bits per heavy atom. The number of sulfonamides is 1. The summed E-state index contributed by atoms with van der Waals surface area (Å²) in [5, 5.41) is 0. The number of H-pyrrole nitrogens is 1. The third-order valence-corrected chi connectivity index (χ3v) is 7.26. The lowest BCUT2D eigenvalue weighted by Crippen LogP contribution is -2.32. The van der Waals surface area contributed by atoms with Crippen LogP contribution in [0.15, 0.2) is 58.2 Å². The molecule has 0 bridgehead atoms. The van der Waals surface area contributed by atoms with Crippen molar-refractivity contribution in [3.63, 3.8) is 0 Å². The molecule has 3 aromatic rings. The minimum atomic E-state index is -3.65. The molecule has 0 spiro atoms. The number of nitrogens with one attached hydrogen (secondary N) is 1. The van der Waals surface area contributed by atoms with Crippen molar-refractivity contribution >= 4 is 31.6 Å². The molecule has 2 heterocycles. The van der Waals surface area contributed by atoms with Crippen molar-refractivity contribution in [1.29, 1.82) is 0 Å². The van der Waals surface area contributed by atoms with Gasteiger partial charge in [0.15, 0.2) is 0 Å². The largest absolute Gasteiger partial charge is 0.326 e. The Labute approximate surface area is 149 Å². The van der Waals surface area contributed by atoms with Crippen LogP contribution in [-0.4, -0.2) is 36.8 Å². The minimum absolute atomic E-state index is 0.0250. The Morgan fingerprint density at radius 2 is 1.88 bits per heavy atom. The highest BCUT2D eigenvalue weighted by Crippen LogP contribution is 2.31. The average Bonchev–Trinajstić information content (AvgIpc) is 3.17. The van der Waals surface area contributed by atoms with Crippen LogP contribution in [0.25, 0.3) is 10.2 Å². The van der Waals surface area contributed by atoms with E-state index in [1.54, 1.807) is 12.1 Å². The van der Waals surface area contributed by atoms with E-state index in [4.69, 9.17) is 5.73 Å². The quantitative estimate of drug-likeness (QED) is 0.728. The summed E-state index contributed by atoms with van der Waals surface area (Å²) >= 11 is 1.00. The molecule has 4 rings (SSSR count). The summed E-state index contributed by atoms with van der Waals surface area (Å²) in [4.78, 5) is 14.1. The first-order chi connectivity index (χ1) is 11.9. The van der Waals surface area contributed by atoms with E-state index >= 15 is 0 Å². The van der Waals surface area contributed by atoms with Crippen molar-refractivity contribution in [3.8, 4) is 0 Å². The monoisotopic (exact) mass is 375 g/mol. The van der Waals surface area contributed by atoms with Crippen LogP contribution in [0.5, 0.6) is 0 Å². The second kappa shape index (κ2) is 6.06. The van der Waals surface area contributed by atoms with Crippen LogP contribution in [0.4, 0.5) is 0 Å². The number of hydrogen-bond donors (Lipinski definition) is 2. The number of thiazole rings is 1. The Hall–Kier alpha value is -2.00. The molecule has 25 heavy (non-hydrogen) atoms. The number of aromatic nitrogens is 1. The van der Waals surface area contributed by atoms with Crippen LogP contribution in [0.2, 0.25) is 0 Å². The van der Waals surface area contributed by atoms with Crippen LogP contribution < -0.4 is 10.6 Å². The van der Waals surface area contributed by atoms with Crippen LogP contribution >= 0.6 is 11.3 Å². The van der Waals surface area contributed by atoms with Crippen molar-refractivity contribution < 1.29 is 8.42 Å². The molecule has 1 saturated heterocycles. The summed E-state index contributed by atoms with van der Waals surface area (Å²) < 4.78 is 28.1. The van der Waals surface area contributed by atoms with E-state index in [-0.39, 0.29) is 28.3 Å². The Morgan fingerprint density at radius 3 is 2.64 bits per heavy atom. The second-order valence-electron chi connectivity index (χ2n) is 6.18. The topological polar surface area (TPSA) is 96.3 Å². The normalized spacial score (nSPS) is 21.8. The van der Waals surface area contributed by atoms with E-state index in [0.717, 1.165) is 16.9 Å². The van der Waals surface area contributed by atoms with Gasteiger partial charge in [-0.1, -0.05) is 41.7 Å². The first-order valence-corrected chi connectivity index (χ1v) is 10.1. The van der Waals surface area contributed by atoms with Crippen molar-refractivity contribution in [1.82, 2.24) is 9.29 Å². The number of hydrogen-bond acceptors (Lipinski definition) is 5. The molecule has 0 radical (unpaired) electrons. The van der Waals surface area contributed by atoms with Crippen molar-refractivity contribution in [3.05, 3.63) is 63.8 Å². The Balaban J connectivity index is 1.67. The number of rotatable bonds is 3. The zero-order chi connectivity index (χ0) is 17.6. The van der Waals surface area contributed by atoms with E-state index in [9.17, 15) is 13.2 Å². The molecule has 1 fully saturated rings. The molecule has 6 nitrogen and oxygen atoms in total. The van der Waals surface area contributed by atoms with Crippen LogP contribution in [0.3, 0.4) is 0 Å². The van der Waals surface area contributed by atoms with E-state index < -0.39 is 10.0 Å². The highest BCUT2D eigenvalue weighted by molar-refractivity contribution is 7.89. The van der Waals surface area contributed by atoms with Gasteiger partial charge in [-0.05, 0) is 23.8 Å². The van der Waals surface area contributed by atoms with Gasteiger partial charge in [0.05, 0.1) is 15.1 Å². The molecule has 2 atom stereocenters. The number of aromatic amines is 1. The van der Waals surface area contributed by atoms with Crippen LogP contribution in [-0.2, 0) is 10.0 Å². The van der Waals surface area contributed by atoms with E-state index in [0.29, 0.717) is 16.8 Å². The Bertz CT molecular complexity index is 1070. The molecule has 0 aliphatic carbocycles. The maximum atomic E-state index is 13.0. The smallest absolute Gasteiger partial charge is 0.305 e. The molecule has 0 amide bonds. The molecular weight excluding hydrogens is 358 g/mol. The number of nitrogens with two attached hydrogens (primary N) is 1. The molecule has 8 heteroatoms.